The average Bonchev–Trinajstić information content (AvgIpc) is 3.20. The molecule has 2 aromatic carbocycles. The smallest absolute Gasteiger partial charge is 0.236 e. The molecule has 2 saturated heterocycles. The molecule has 0 unspecified atom stereocenters. The van der Waals surface area contributed by atoms with Gasteiger partial charge >= 0.3 is 0 Å². The molecule has 6 heteroatoms. The van der Waals surface area contributed by atoms with E-state index in [2.05, 4.69) is 0 Å². The van der Waals surface area contributed by atoms with Crippen molar-refractivity contribution in [3.05, 3.63) is 70.8 Å². The molecule has 0 saturated carbocycles. The average molecular weight is 435 g/mol. The maximum absolute atomic E-state index is 13.9. The molecule has 0 spiro atoms. The van der Waals surface area contributed by atoms with E-state index in [9.17, 15) is 14.4 Å². The first-order valence-corrected chi connectivity index (χ1v) is 10.8. The van der Waals surface area contributed by atoms with E-state index in [0.29, 0.717) is 10.6 Å². The summed E-state index contributed by atoms with van der Waals surface area (Å²) in [6, 6.07) is 13.5. The molecule has 5 rings (SSSR count). The fourth-order valence-electron chi connectivity index (χ4n) is 5.30. The number of likely N-dealkylation sites (tertiary alicyclic amines) is 1. The maximum Gasteiger partial charge on any atom is 0.236 e. The normalized spacial score (nSPS) is 26.7. The van der Waals surface area contributed by atoms with Crippen molar-refractivity contribution in [3.63, 3.8) is 0 Å². The van der Waals surface area contributed by atoms with Gasteiger partial charge in [-0.2, -0.15) is 0 Å². The fourth-order valence-corrected chi connectivity index (χ4v) is 5.52. The number of carbonyl (C=O) groups is 3. The third kappa shape index (κ3) is 2.79. The Hall–Kier alpha value is -2.92. The molecular weight excluding hydrogens is 412 g/mol. The van der Waals surface area contributed by atoms with Crippen molar-refractivity contribution in [2.24, 2.45) is 11.8 Å². The summed E-state index contributed by atoms with van der Waals surface area (Å²) in [5.74, 6) is -2.08. The molecule has 158 valence electrons. The highest BCUT2D eigenvalue weighted by Gasteiger charge is 2.65. The summed E-state index contributed by atoms with van der Waals surface area (Å²) in [6.45, 7) is 5.54. The van der Waals surface area contributed by atoms with Gasteiger partial charge in [-0.1, -0.05) is 54.1 Å². The largest absolute Gasteiger partial charge is 0.352 e. The van der Waals surface area contributed by atoms with Crippen LogP contribution in [0.3, 0.4) is 0 Å². The zero-order chi connectivity index (χ0) is 22.1. The molecule has 5 nitrogen and oxygen atoms in total. The van der Waals surface area contributed by atoms with Crippen LogP contribution >= 0.6 is 11.6 Å². The first kappa shape index (κ1) is 20.0. The number of benzene rings is 2. The van der Waals surface area contributed by atoms with Crippen molar-refractivity contribution < 1.29 is 14.4 Å². The van der Waals surface area contributed by atoms with Gasteiger partial charge in [0.05, 0.1) is 22.9 Å². The van der Waals surface area contributed by atoms with Gasteiger partial charge in [0.2, 0.25) is 11.8 Å². The number of carbonyl (C=O) groups excluding carboxylic acids is 3. The van der Waals surface area contributed by atoms with Crippen molar-refractivity contribution in [2.75, 3.05) is 4.90 Å². The highest BCUT2D eigenvalue weighted by molar-refractivity contribution is 6.34. The van der Waals surface area contributed by atoms with Crippen LogP contribution in [0.5, 0.6) is 0 Å². The molecule has 3 aliphatic rings. The topological polar surface area (TPSA) is 57.7 Å². The van der Waals surface area contributed by atoms with Crippen molar-refractivity contribution in [2.45, 2.75) is 38.4 Å². The van der Waals surface area contributed by atoms with E-state index in [1.165, 1.54) is 4.90 Å². The molecular formula is C25H23ClN2O3. The van der Waals surface area contributed by atoms with Gasteiger partial charge in [0.15, 0.2) is 5.78 Å². The molecule has 2 amide bonds. The molecule has 2 aromatic rings. The Morgan fingerprint density at radius 3 is 2.29 bits per heavy atom. The van der Waals surface area contributed by atoms with Crippen molar-refractivity contribution in [1.82, 2.24) is 4.90 Å². The van der Waals surface area contributed by atoms with Crippen LogP contribution in [-0.4, -0.2) is 40.1 Å². The first-order valence-electron chi connectivity index (χ1n) is 10.4. The maximum atomic E-state index is 13.9. The van der Waals surface area contributed by atoms with Gasteiger partial charge < -0.3 is 4.90 Å². The minimum absolute atomic E-state index is 0.212. The molecule has 4 atom stereocenters. The van der Waals surface area contributed by atoms with Gasteiger partial charge in [-0.25, -0.2) is 0 Å². The number of nitrogens with zero attached hydrogens (tertiary/aromatic N) is 2. The van der Waals surface area contributed by atoms with Crippen LogP contribution in [0.15, 0.2) is 54.6 Å². The monoisotopic (exact) mass is 434 g/mol. The molecule has 2 fully saturated rings. The Bertz CT molecular complexity index is 1150. The second-order valence-corrected chi connectivity index (χ2v) is 9.75. The zero-order valence-electron chi connectivity index (χ0n) is 17.6. The van der Waals surface area contributed by atoms with Crippen molar-refractivity contribution in [1.29, 1.82) is 0 Å². The van der Waals surface area contributed by atoms with Gasteiger partial charge in [-0.3, -0.25) is 19.3 Å². The number of hydrogen-bond acceptors (Lipinski definition) is 4. The predicted molar refractivity (Wildman–Crippen MR) is 120 cm³/mol. The second kappa shape index (κ2) is 6.79. The van der Waals surface area contributed by atoms with Gasteiger partial charge in [0.25, 0.3) is 0 Å². The summed E-state index contributed by atoms with van der Waals surface area (Å²) in [5.41, 5.74) is 1.54. The van der Waals surface area contributed by atoms with Crippen LogP contribution < -0.4 is 4.90 Å². The number of halogens is 1. The Balaban J connectivity index is 1.69. The number of amides is 2. The molecule has 0 bridgehead atoms. The van der Waals surface area contributed by atoms with Gasteiger partial charge in [-0.05, 0) is 44.5 Å². The van der Waals surface area contributed by atoms with Gasteiger partial charge in [0, 0.05) is 16.8 Å². The number of para-hydroxylation sites is 1. The first-order chi connectivity index (χ1) is 14.7. The lowest BCUT2D eigenvalue weighted by atomic mass is 9.86. The summed E-state index contributed by atoms with van der Waals surface area (Å²) < 4.78 is 0. The summed E-state index contributed by atoms with van der Waals surface area (Å²) >= 11 is 6.37. The number of imide groups is 1. The van der Waals surface area contributed by atoms with Crippen molar-refractivity contribution >= 4 is 41.0 Å². The molecule has 0 aromatic heterocycles. The zero-order valence-corrected chi connectivity index (χ0v) is 18.3. The third-order valence-electron chi connectivity index (χ3n) is 6.49. The standard InChI is InChI=1S/C25H23ClN2O3/c1-25(2,3)28-23(30)19-18-13-12-14-8-4-7-11-17(14)27(18)21(20(19)24(28)31)22(29)15-9-5-6-10-16(15)26/h4-13,18-21H,1-3H3/t18-,19-,20-,21+/m1/s1. The Morgan fingerprint density at radius 1 is 0.935 bits per heavy atom. The van der Waals surface area contributed by atoms with E-state index in [1.54, 1.807) is 24.3 Å². The number of rotatable bonds is 2. The molecule has 3 aliphatic heterocycles. The third-order valence-corrected chi connectivity index (χ3v) is 6.82. The number of fused-ring (bicyclic) bond motifs is 5. The minimum atomic E-state index is -0.801. The Morgan fingerprint density at radius 2 is 1.58 bits per heavy atom. The number of anilines is 1. The quantitative estimate of drug-likeness (QED) is 0.525. The molecule has 3 heterocycles. The summed E-state index contributed by atoms with van der Waals surface area (Å²) in [4.78, 5) is 44.3. The van der Waals surface area contributed by atoms with E-state index in [-0.39, 0.29) is 23.6 Å². The Kier molecular flexibility index (Phi) is 4.38. The van der Waals surface area contributed by atoms with Crippen LogP contribution in [0.4, 0.5) is 5.69 Å². The lowest BCUT2D eigenvalue weighted by Gasteiger charge is -2.38. The SMILES string of the molecule is CC(C)(C)N1C(=O)[C@@H]2[C@H](C1=O)[C@H]1C=Cc3ccccc3N1[C@@H]2C(=O)c1ccccc1Cl. The van der Waals surface area contributed by atoms with Crippen LogP contribution in [0.2, 0.25) is 5.02 Å². The van der Waals surface area contributed by atoms with Crippen LogP contribution in [0, 0.1) is 11.8 Å². The number of hydrogen-bond donors (Lipinski definition) is 0. The fraction of sp³-hybridized carbons (Fsp3) is 0.320. The van der Waals surface area contributed by atoms with E-state index in [1.807, 2.05) is 62.1 Å². The number of ketones is 1. The molecule has 0 aliphatic carbocycles. The predicted octanol–water partition coefficient (Wildman–Crippen LogP) is 4.21. The van der Waals surface area contributed by atoms with E-state index in [4.69, 9.17) is 11.6 Å². The van der Waals surface area contributed by atoms with E-state index < -0.39 is 23.4 Å². The van der Waals surface area contributed by atoms with Crippen LogP contribution in [0.1, 0.15) is 36.7 Å². The highest BCUT2D eigenvalue weighted by atomic mass is 35.5. The van der Waals surface area contributed by atoms with Gasteiger partial charge in [-0.15, -0.1) is 0 Å². The Labute approximate surface area is 186 Å². The lowest BCUT2D eigenvalue weighted by molar-refractivity contribution is -0.145. The van der Waals surface area contributed by atoms with E-state index >= 15 is 0 Å². The van der Waals surface area contributed by atoms with Crippen LogP contribution in [0.25, 0.3) is 6.08 Å². The summed E-state index contributed by atoms with van der Waals surface area (Å²) in [6.07, 6.45) is 3.94. The minimum Gasteiger partial charge on any atom is -0.352 e. The summed E-state index contributed by atoms with van der Waals surface area (Å²) in [5, 5.41) is 0.345. The van der Waals surface area contributed by atoms with Crippen LogP contribution in [-0.2, 0) is 9.59 Å². The number of Topliss-reactive ketones (excluding diaryl/α,β-unsaturated/α-hetero) is 1. The van der Waals surface area contributed by atoms with Gasteiger partial charge in [0.1, 0.15) is 6.04 Å². The molecule has 31 heavy (non-hydrogen) atoms. The molecule has 0 N–H and O–H groups in total. The van der Waals surface area contributed by atoms with E-state index in [0.717, 1.165) is 11.3 Å². The molecule has 0 radical (unpaired) electrons. The highest BCUT2D eigenvalue weighted by Crippen LogP contribution is 2.50. The van der Waals surface area contributed by atoms with Crippen molar-refractivity contribution in [3.8, 4) is 0 Å². The summed E-state index contributed by atoms with van der Waals surface area (Å²) in [7, 11) is 0. The second-order valence-electron chi connectivity index (χ2n) is 9.34. The lowest BCUT2D eigenvalue weighted by Crippen LogP contribution is -2.52.